The van der Waals surface area contributed by atoms with Crippen LogP contribution in [0.4, 0.5) is 0 Å². The van der Waals surface area contributed by atoms with Gasteiger partial charge in [-0.25, -0.2) is 13.9 Å². The largest absolute Gasteiger partial charge is 0.459 e. The Labute approximate surface area is 161 Å². The molecule has 1 aromatic carbocycles. The van der Waals surface area contributed by atoms with Crippen molar-refractivity contribution in [1.29, 1.82) is 0 Å². The lowest BCUT2D eigenvalue weighted by molar-refractivity contribution is -0.677. The first kappa shape index (κ1) is 19.6. The third-order valence-corrected chi connectivity index (χ3v) is 5.42. The molecule has 0 N–H and O–H groups in total. The number of rotatable bonds is 7. The molecule has 1 aliphatic rings. The number of aromatic nitrogens is 2. The summed E-state index contributed by atoms with van der Waals surface area (Å²) in [5, 5.41) is 0. The Hall–Kier alpha value is -2.14. The maximum absolute atomic E-state index is 12.8. The molecule has 1 saturated carbocycles. The lowest BCUT2D eigenvalue weighted by Gasteiger charge is -2.23. The zero-order valence-electron chi connectivity index (χ0n) is 16.5. The number of carbonyl (C=O) groups excluding carboxylic acids is 1. The predicted molar refractivity (Wildman–Crippen MR) is 103 cm³/mol. The topological polar surface area (TPSA) is 44.3 Å². The Kier molecular flexibility index (Phi) is 7.04. The van der Waals surface area contributed by atoms with Crippen molar-refractivity contribution in [2.45, 2.75) is 64.2 Å². The van der Waals surface area contributed by atoms with Gasteiger partial charge in [0, 0.05) is 6.92 Å². The number of nitrogens with zero attached hydrogens (tertiary/aromatic N) is 2. The number of imidazole rings is 1. The summed E-state index contributed by atoms with van der Waals surface area (Å²) in [5.41, 5.74) is 0.871. The molecule has 1 fully saturated rings. The van der Waals surface area contributed by atoms with Gasteiger partial charge in [-0.3, -0.25) is 0 Å². The van der Waals surface area contributed by atoms with Gasteiger partial charge in [-0.15, -0.1) is 0 Å². The fourth-order valence-corrected chi connectivity index (χ4v) is 3.62. The molecule has 0 radical (unpaired) electrons. The van der Waals surface area contributed by atoms with E-state index in [9.17, 15) is 4.79 Å². The van der Waals surface area contributed by atoms with Crippen molar-refractivity contribution in [2.75, 3.05) is 6.61 Å². The number of esters is 1. The van der Waals surface area contributed by atoms with E-state index in [0.29, 0.717) is 13.2 Å². The molecule has 5 nitrogen and oxygen atoms in total. The fraction of sp³-hybridized carbons (Fsp3) is 0.545. The summed E-state index contributed by atoms with van der Waals surface area (Å²) in [6.45, 7) is 3.03. The highest BCUT2D eigenvalue weighted by Crippen LogP contribution is 2.27. The molecule has 2 aromatic rings. The van der Waals surface area contributed by atoms with Gasteiger partial charge in [0.1, 0.15) is 25.5 Å². The first-order chi connectivity index (χ1) is 13.1. The molecule has 0 bridgehead atoms. The van der Waals surface area contributed by atoms with Crippen LogP contribution in [-0.4, -0.2) is 23.2 Å². The van der Waals surface area contributed by atoms with Gasteiger partial charge in [0.05, 0.1) is 13.2 Å². The number of aryl methyl sites for hydroxylation is 1. The number of carbonyl (C=O) groups is 1. The second-order valence-electron chi connectivity index (χ2n) is 7.36. The van der Waals surface area contributed by atoms with E-state index >= 15 is 0 Å². The molecule has 146 valence electrons. The highest BCUT2D eigenvalue weighted by Gasteiger charge is 2.27. The molecule has 0 saturated heterocycles. The zero-order chi connectivity index (χ0) is 19.1. The summed E-state index contributed by atoms with van der Waals surface area (Å²) in [6, 6.07) is 9.72. The molecule has 3 rings (SSSR count). The first-order valence-electron chi connectivity index (χ1n) is 10.0. The van der Waals surface area contributed by atoms with Gasteiger partial charge in [0.25, 0.3) is 5.82 Å². The summed E-state index contributed by atoms with van der Waals surface area (Å²) >= 11 is 0. The smallest absolute Gasteiger partial charge is 0.340 e. The van der Waals surface area contributed by atoms with Crippen LogP contribution >= 0.6 is 0 Å². The molecule has 1 unspecified atom stereocenters. The minimum atomic E-state index is -0.642. The van der Waals surface area contributed by atoms with E-state index in [1.54, 1.807) is 0 Å². The van der Waals surface area contributed by atoms with E-state index in [4.69, 9.17) is 9.47 Å². The van der Waals surface area contributed by atoms with Gasteiger partial charge in [-0.1, -0.05) is 56.0 Å². The van der Waals surface area contributed by atoms with Gasteiger partial charge in [0.2, 0.25) is 0 Å². The Morgan fingerprint density at radius 2 is 1.89 bits per heavy atom. The Morgan fingerprint density at radius 1 is 1.19 bits per heavy atom. The van der Waals surface area contributed by atoms with Crippen LogP contribution in [0.2, 0.25) is 0 Å². The average Bonchev–Trinajstić information content (AvgIpc) is 2.89. The standard InChI is InChI=1S/C22H31N2O3/c1-18-23(2)14-15-24(18)16-17-26-22(25)21(19-10-6-5-7-11-19)27-20-12-8-3-4-9-13-20/h5-7,10-11,14-15,20-21H,3-4,8-9,12-13,16-17H2,1-2H3/q+1. The van der Waals surface area contributed by atoms with E-state index in [0.717, 1.165) is 24.2 Å². The molecule has 0 aliphatic heterocycles. The zero-order valence-corrected chi connectivity index (χ0v) is 16.5. The molecule has 0 amide bonds. The van der Waals surface area contributed by atoms with Gasteiger partial charge >= 0.3 is 5.97 Å². The Bertz CT molecular complexity index is 718. The molecule has 0 spiro atoms. The van der Waals surface area contributed by atoms with Crippen LogP contribution in [-0.2, 0) is 27.9 Å². The summed E-state index contributed by atoms with van der Waals surface area (Å²) in [4.78, 5) is 12.8. The molecule has 1 aliphatic carbocycles. The van der Waals surface area contributed by atoms with E-state index in [2.05, 4.69) is 4.57 Å². The van der Waals surface area contributed by atoms with Crippen LogP contribution in [0.15, 0.2) is 42.7 Å². The Morgan fingerprint density at radius 3 is 2.52 bits per heavy atom. The van der Waals surface area contributed by atoms with Crippen molar-refractivity contribution < 1.29 is 18.8 Å². The van der Waals surface area contributed by atoms with Crippen molar-refractivity contribution in [3.05, 3.63) is 54.1 Å². The second kappa shape index (κ2) is 9.70. The highest BCUT2D eigenvalue weighted by molar-refractivity contribution is 5.76. The molecule has 1 aromatic heterocycles. The summed E-state index contributed by atoms with van der Waals surface area (Å²) < 4.78 is 16.0. The number of hydrogen-bond donors (Lipinski definition) is 0. The first-order valence-corrected chi connectivity index (χ1v) is 10.0. The van der Waals surface area contributed by atoms with Crippen molar-refractivity contribution in [2.24, 2.45) is 7.05 Å². The maximum atomic E-state index is 12.8. The Balaban J connectivity index is 1.62. The maximum Gasteiger partial charge on any atom is 0.340 e. The lowest BCUT2D eigenvalue weighted by atomic mass is 10.1. The number of ether oxygens (including phenoxy) is 2. The van der Waals surface area contributed by atoms with Crippen LogP contribution < -0.4 is 4.57 Å². The van der Waals surface area contributed by atoms with Crippen molar-refractivity contribution in [3.8, 4) is 0 Å². The van der Waals surface area contributed by atoms with Crippen LogP contribution in [0.3, 0.4) is 0 Å². The van der Waals surface area contributed by atoms with E-state index in [1.165, 1.54) is 25.7 Å². The van der Waals surface area contributed by atoms with Crippen LogP contribution in [0.5, 0.6) is 0 Å². The number of benzene rings is 1. The van der Waals surface area contributed by atoms with E-state index in [-0.39, 0.29) is 12.1 Å². The number of hydrogen-bond acceptors (Lipinski definition) is 3. The third-order valence-electron chi connectivity index (χ3n) is 5.42. The summed E-state index contributed by atoms with van der Waals surface area (Å²) in [7, 11) is 2.00. The van der Waals surface area contributed by atoms with E-state index < -0.39 is 6.10 Å². The minimum Gasteiger partial charge on any atom is -0.459 e. The van der Waals surface area contributed by atoms with Gasteiger partial charge in [-0.05, 0) is 18.4 Å². The summed E-state index contributed by atoms with van der Waals surface area (Å²) in [6.07, 6.45) is 10.4. The average molecular weight is 372 g/mol. The quantitative estimate of drug-likeness (QED) is 0.424. The molecule has 5 heteroatoms. The van der Waals surface area contributed by atoms with Gasteiger partial charge in [-0.2, -0.15) is 0 Å². The van der Waals surface area contributed by atoms with Crippen molar-refractivity contribution in [1.82, 2.24) is 4.57 Å². The monoisotopic (exact) mass is 371 g/mol. The minimum absolute atomic E-state index is 0.135. The molecule has 27 heavy (non-hydrogen) atoms. The fourth-order valence-electron chi connectivity index (χ4n) is 3.62. The van der Waals surface area contributed by atoms with Crippen molar-refractivity contribution in [3.63, 3.8) is 0 Å². The highest BCUT2D eigenvalue weighted by atomic mass is 16.6. The van der Waals surface area contributed by atoms with Gasteiger partial charge in [0.15, 0.2) is 6.10 Å². The molecular weight excluding hydrogens is 340 g/mol. The SMILES string of the molecule is Cc1n(CCOC(=O)C(OC2CCCCCC2)c2ccccc2)cc[n+]1C. The van der Waals surface area contributed by atoms with Crippen LogP contribution in [0.25, 0.3) is 0 Å². The lowest BCUT2D eigenvalue weighted by Crippen LogP contribution is -2.30. The second-order valence-corrected chi connectivity index (χ2v) is 7.36. The van der Waals surface area contributed by atoms with E-state index in [1.807, 2.05) is 61.3 Å². The summed E-state index contributed by atoms with van der Waals surface area (Å²) in [5.74, 6) is 0.833. The molecule has 1 heterocycles. The van der Waals surface area contributed by atoms with Gasteiger partial charge < -0.3 is 9.47 Å². The normalized spacial score (nSPS) is 16.7. The third kappa shape index (κ3) is 5.42. The van der Waals surface area contributed by atoms with Crippen LogP contribution in [0.1, 0.15) is 56.0 Å². The van der Waals surface area contributed by atoms with Crippen LogP contribution in [0, 0.1) is 6.92 Å². The predicted octanol–water partition coefficient (Wildman–Crippen LogP) is 3.64. The molecular formula is C22H31N2O3+. The molecule has 1 atom stereocenters. The van der Waals surface area contributed by atoms with Crippen molar-refractivity contribution >= 4 is 5.97 Å².